The number of rotatable bonds is 5. The summed E-state index contributed by atoms with van der Waals surface area (Å²) in [6.07, 6.45) is 5.43. The molecule has 3 rings (SSSR count). The molecule has 0 aromatic heterocycles. The predicted molar refractivity (Wildman–Crippen MR) is 88.3 cm³/mol. The highest BCUT2D eigenvalue weighted by Gasteiger charge is 2.44. The van der Waals surface area contributed by atoms with Crippen LogP contribution in [0.3, 0.4) is 0 Å². The van der Waals surface area contributed by atoms with Gasteiger partial charge < -0.3 is 11.1 Å². The third kappa shape index (κ3) is 3.72. The first-order chi connectivity index (χ1) is 11.1. The van der Waals surface area contributed by atoms with Gasteiger partial charge in [-0.2, -0.15) is 0 Å². The standard InChI is InChI=1S/C18H25N3O2/c19-18(23)16-10-14-8-4-5-9-15(14)21(16)12-17(22)20-11-13-6-2-1-3-7-13/h1-3,6-7,14-16H,4-5,8-12H2,(H2,19,23)(H,20,22)/t14-,15+,16-/m0/s1. The van der Waals surface area contributed by atoms with Crippen molar-refractivity contribution in [3.05, 3.63) is 35.9 Å². The second-order valence-corrected chi connectivity index (χ2v) is 6.70. The molecule has 124 valence electrons. The molecular weight excluding hydrogens is 290 g/mol. The molecule has 2 amide bonds. The molecule has 0 spiro atoms. The highest BCUT2D eigenvalue weighted by atomic mass is 16.2. The average Bonchev–Trinajstić information content (AvgIpc) is 2.93. The number of benzene rings is 1. The summed E-state index contributed by atoms with van der Waals surface area (Å²) in [7, 11) is 0. The molecule has 3 N–H and O–H groups in total. The second kappa shape index (κ2) is 7.13. The van der Waals surface area contributed by atoms with Crippen molar-refractivity contribution in [2.45, 2.75) is 50.7 Å². The molecule has 0 bridgehead atoms. The third-order valence-electron chi connectivity index (χ3n) is 5.21. The second-order valence-electron chi connectivity index (χ2n) is 6.70. The molecule has 2 fully saturated rings. The van der Waals surface area contributed by atoms with Crippen molar-refractivity contribution >= 4 is 11.8 Å². The van der Waals surface area contributed by atoms with Gasteiger partial charge in [-0.05, 0) is 30.7 Å². The van der Waals surface area contributed by atoms with Gasteiger partial charge in [-0.25, -0.2) is 0 Å². The molecule has 2 aliphatic rings. The summed E-state index contributed by atoms with van der Waals surface area (Å²) in [5.74, 6) is 0.185. The minimum atomic E-state index is -0.296. The Bertz CT molecular complexity index is 561. The maximum atomic E-state index is 12.3. The molecule has 1 saturated carbocycles. The summed E-state index contributed by atoms with van der Waals surface area (Å²) in [4.78, 5) is 26.1. The zero-order valence-electron chi connectivity index (χ0n) is 13.4. The summed E-state index contributed by atoms with van der Waals surface area (Å²) in [5, 5.41) is 2.95. The number of fused-ring (bicyclic) bond motifs is 1. The van der Waals surface area contributed by atoms with E-state index in [0.717, 1.165) is 24.8 Å². The fourth-order valence-corrected chi connectivity index (χ4v) is 4.08. The highest BCUT2D eigenvalue weighted by Crippen LogP contribution is 2.39. The average molecular weight is 315 g/mol. The van der Waals surface area contributed by atoms with Crippen LogP contribution in [-0.4, -0.2) is 35.3 Å². The van der Waals surface area contributed by atoms with Crippen LogP contribution in [-0.2, 0) is 16.1 Å². The fourth-order valence-electron chi connectivity index (χ4n) is 4.08. The van der Waals surface area contributed by atoms with E-state index in [1.165, 1.54) is 12.8 Å². The lowest BCUT2D eigenvalue weighted by Crippen LogP contribution is -2.49. The minimum Gasteiger partial charge on any atom is -0.368 e. The number of nitrogens with two attached hydrogens (primary N) is 1. The Kier molecular flexibility index (Phi) is 4.96. The predicted octanol–water partition coefficient (Wildman–Crippen LogP) is 1.42. The molecule has 1 saturated heterocycles. The summed E-state index contributed by atoms with van der Waals surface area (Å²) in [6.45, 7) is 0.782. The van der Waals surface area contributed by atoms with Gasteiger partial charge >= 0.3 is 0 Å². The monoisotopic (exact) mass is 315 g/mol. The first-order valence-electron chi connectivity index (χ1n) is 8.51. The minimum absolute atomic E-state index is 0.0358. The van der Waals surface area contributed by atoms with Crippen molar-refractivity contribution in [1.29, 1.82) is 0 Å². The molecule has 23 heavy (non-hydrogen) atoms. The first kappa shape index (κ1) is 16.0. The van der Waals surface area contributed by atoms with E-state index in [1.54, 1.807) is 0 Å². The number of primary amides is 1. The van der Waals surface area contributed by atoms with E-state index in [1.807, 2.05) is 35.2 Å². The zero-order valence-corrected chi connectivity index (χ0v) is 13.4. The number of nitrogens with one attached hydrogen (secondary N) is 1. The van der Waals surface area contributed by atoms with E-state index in [9.17, 15) is 9.59 Å². The maximum Gasteiger partial charge on any atom is 0.234 e. The normalized spacial score (nSPS) is 27.4. The van der Waals surface area contributed by atoms with Crippen LogP contribution in [0.2, 0.25) is 0 Å². The molecule has 0 radical (unpaired) electrons. The Balaban J connectivity index is 1.59. The molecule has 3 atom stereocenters. The number of likely N-dealkylation sites (tertiary alicyclic amines) is 1. The third-order valence-corrected chi connectivity index (χ3v) is 5.21. The van der Waals surface area contributed by atoms with Crippen LogP contribution < -0.4 is 11.1 Å². The summed E-state index contributed by atoms with van der Waals surface area (Å²) < 4.78 is 0. The van der Waals surface area contributed by atoms with Gasteiger partial charge in [0.05, 0.1) is 12.6 Å². The molecule has 5 nitrogen and oxygen atoms in total. The largest absolute Gasteiger partial charge is 0.368 e. The topological polar surface area (TPSA) is 75.4 Å². The van der Waals surface area contributed by atoms with E-state index < -0.39 is 0 Å². The number of hydrogen-bond donors (Lipinski definition) is 2. The van der Waals surface area contributed by atoms with Crippen LogP contribution in [0.1, 0.15) is 37.7 Å². The van der Waals surface area contributed by atoms with E-state index in [0.29, 0.717) is 18.5 Å². The van der Waals surface area contributed by atoms with Crippen LogP contribution in [0.5, 0.6) is 0 Å². The lowest BCUT2D eigenvalue weighted by molar-refractivity contribution is -0.126. The number of hydrogen-bond acceptors (Lipinski definition) is 3. The van der Waals surface area contributed by atoms with Gasteiger partial charge in [0.1, 0.15) is 0 Å². The van der Waals surface area contributed by atoms with Crippen molar-refractivity contribution < 1.29 is 9.59 Å². The van der Waals surface area contributed by atoms with Gasteiger partial charge in [-0.15, -0.1) is 0 Å². The van der Waals surface area contributed by atoms with Crippen LogP contribution in [0.25, 0.3) is 0 Å². The fraction of sp³-hybridized carbons (Fsp3) is 0.556. The van der Waals surface area contributed by atoms with E-state index >= 15 is 0 Å². The van der Waals surface area contributed by atoms with Gasteiger partial charge in [0.25, 0.3) is 0 Å². The number of amides is 2. The number of nitrogens with zero attached hydrogens (tertiary/aromatic N) is 1. The summed E-state index contributed by atoms with van der Waals surface area (Å²) in [5.41, 5.74) is 6.64. The van der Waals surface area contributed by atoms with E-state index in [4.69, 9.17) is 5.73 Å². The summed E-state index contributed by atoms with van der Waals surface area (Å²) >= 11 is 0. The van der Waals surface area contributed by atoms with Crippen molar-refractivity contribution in [1.82, 2.24) is 10.2 Å². The Labute approximate surface area is 137 Å². The van der Waals surface area contributed by atoms with Crippen LogP contribution >= 0.6 is 0 Å². The molecular formula is C18H25N3O2. The lowest BCUT2D eigenvalue weighted by atomic mass is 9.84. The zero-order chi connectivity index (χ0) is 16.2. The van der Waals surface area contributed by atoms with Gasteiger partial charge in [0, 0.05) is 12.6 Å². The molecule has 1 aliphatic carbocycles. The van der Waals surface area contributed by atoms with E-state index in [-0.39, 0.29) is 24.4 Å². The van der Waals surface area contributed by atoms with Gasteiger partial charge in [-0.3, -0.25) is 14.5 Å². The van der Waals surface area contributed by atoms with Crippen molar-refractivity contribution in [2.75, 3.05) is 6.54 Å². The van der Waals surface area contributed by atoms with Gasteiger partial charge in [-0.1, -0.05) is 43.2 Å². The van der Waals surface area contributed by atoms with Crippen LogP contribution in [0.4, 0.5) is 0 Å². The first-order valence-corrected chi connectivity index (χ1v) is 8.51. The molecule has 0 unspecified atom stereocenters. The summed E-state index contributed by atoms with van der Waals surface area (Å²) in [6, 6.07) is 9.89. The Hall–Kier alpha value is -1.88. The molecule has 1 heterocycles. The molecule has 1 aliphatic heterocycles. The van der Waals surface area contributed by atoms with Crippen LogP contribution in [0, 0.1) is 5.92 Å². The molecule has 5 heteroatoms. The Morgan fingerprint density at radius 3 is 2.65 bits per heavy atom. The van der Waals surface area contributed by atoms with Crippen molar-refractivity contribution in [3.8, 4) is 0 Å². The lowest BCUT2D eigenvalue weighted by Gasteiger charge is -2.32. The van der Waals surface area contributed by atoms with Gasteiger partial charge in [0.2, 0.25) is 11.8 Å². The van der Waals surface area contributed by atoms with E-state index in [2.05, 4.69) is 5.32 Å². The molecule has 1 aromatic rings. The van der Waals surface area contributed by atoms with Crippen molar-refractivity contribution in [2.24, 2.45) is 11.7 Å². The number of carbonyl (C=O) groups excluding carboxylic acids is 2. The van der Waals surface area contributed by atoms with Gasteiger partial charge in [0.15, 0.2) is 0 Å². The maximum absolute atomic E-state index is 12.3. The SMILES string of the molecule is NC(=O)[C@@H]1C[C@@H]2CCCC[C@H]2N1CC(=O)NCc1ccccc1. The quantitative estimate of drug-likeness (QED) is 0.863. The van der Waals surface area contributed by atoms with Crippen LogP contribution in [0.15, 0.2) is 30.3 Å². The number of carbonyl (C=O) groups is 2. The van der Waals surface area contributed by atoms with Crippen molar-refractivity contribution in [3.63, 3.8) is 0 Å². The Morgan fingerprint density at radius 1 is 1.17 bits per heavy atom. The Morgan fingerprint density at radius 2 is 1.91 bits per heavy atom. The smallest absolute Gasteiger partial charge is 0.234 e. The molecule has 1 aromatic carbocycles. The highest BCUT2D eigenvalue weighted by molar-refractivity contribution is 5.83.